The quantitative estimate of drug-likeness (QED) is 0.645. The number of hydrogen-bond acceptors (Lipinski definition) is 2. The minimum atomic E-state index is 0.213. The van der Waals surface area contributed by atoms with Crippen LogP contribution >= 0.6 is 0 Å². The summed E-state index contributed by atoms with van der Waals surface area (Å²) in [5.41, 5.74) is 4.10. The third-order valence-electron chi connectivity index (χ3n) is 4.16. The van der Waals surface area contributed by atoms with Gasteiger partial charge >= 0.3 is 0 Å². The van der Waals surface area contributed by atoms with Gasteiger partial charge in [-0.3, -0.25) is 4.79 Å². The van der Waals surface area contributed by atoms with Crippen LogP contribution in [0.15, 0.2) is 65.1 Å². The maximum Gasteiger partial charge on any atom is 0.155 e. The first-order valence-corrected chi connectivity index (χ1v) is 7.63. The molecule has 108 valence electrons. The van der Waals surface area contributed by atoms with Gasteiger partial charge in [0.05, 0.1) is 0 Å². The van der Waals surface area contributed by atoms with Crippen LogP contribution in [0.1, 0.15) is 24.8 Å². The molecule has 0 saturated heterocycles. The van der Waals surface area contributed by atoms with Crippen LogP contribution < -0.4 is 0 Å². The third kappa shape index (κ3) is 2.17. The van der Waals surface area contributed by atoms with Crippen molar-refractivity contribution in [1.82, 2.24) is 0 Å². The number of furan rings is 1. The zero-order valence-corrected chi connectivity index (χ0v) is 12.2. The van der Waals surface area contributed by atoms with E-state index in [9.17, 15) is 4.79 Å². The van der Waals surface area contributed by atoms with Crippen molar-refractivity contribution >= 4 is 22.3 Å². The lowest BCUT2D eigenvalue weighted by Crippen LogP contribution is -2.02. The van der Waals surface area contributed by atoms with Crippen LogP contribution in [0.5, 0.6) is 0 Å². The van der Waals surface area contributed by atoms with Gasteiger partial charge in [-0.05, 0) is 30.6 Å². The maximum atomic E-state index is 11.8. The lowest BCUT2D eigenvalue weighted by molar-refractivity contribution is -0.114. The van der Waals surface area contributed by atoms with E-state index in [4.69, 9.17) is 4.42 Å². The minimum absolute atomic E-state index is 0.213. The number of carbonyl (C=O) groups excluding carboxylic acids is 1. The maximum absolute atomic E-state index is 11.8. The molecule has 0 spiro atoms. The summed E-state index contributed by atoms with van der Waals surface area (Å²) < 4.78 is 6.12. The molecule has 1 aromatic heterocycles. The molecule has 1 aliphatic rings. The number of carbonyl (C=O) groups is 1. The first-order valence-electron chi connectivity index (χ1n) is 7.63. The van der Waals surface area contributed by atoms with Crippen molar-refractivity contribution in [3.63, 3.8) is 0 Å². The van der Waals surface area contributed by atoms with Gasteiger partial charge < -0.3 is 4.42 Å². The van der Waals surface area contributed by atoms with Gasteiger partial charge in [-0.1, -0.05) is 48.5 Å². The van der Waals surface area contributed by atoms with Crippen LogP contribution in [-0.2, 0) is 4.79 Å². The lowest BCUT2D eigenvalue weighted by atomic mass is 9.90. The molecule has 3 aromatic rings. The Balaban J connectivity index is 2.01. The van der Waals surface area contributed by atoms with Crippen molar-refractivity contribution in [2.24, 2.45) is 0 Å². The molecule has 2 heteroatoms. The fourth-order valence-corrected chi connectivity index (χ4v) is 3.15. The first kappa shape index (κ1) is 13.1. The molecule has 22 heavy (non-hydrogen) atoms. The zero-order valence-electron chi connectivity index (χ0n) is 12.2. The van der Waals surface area contributed by atoms with Crippen molar-refractivity contribution in [2.75, 3.05) is 0 Å². The molecule has 2 nitrogen and oxygen atoms in total. The molecule has 0 radical (unpaired) electrons. The van der Waals surface area contributed by atoms with E-state index in [1.165, 1.54) is 0 Å². The second-order valence-corrected chi connectivity index (χ2v) is 5.66. The SMILES string of the molecule is O=C1C=C(c2c(-c3ccccc3)oc3ccccc23)CCC1. The smallest absolute Gasteiger partial charge is 0.155 e. The molecule has 4 rings (SSSR count). The molecular formula is C20H16O2. The number of benzene rings is 2. The number of allylic oxidation sites excluding steroid dienone is 2. The summed E-state index contributed by atoms with van der Waals surface area (Å²) >= 11 is 0. The third-order valence-corrected chi connectivity index (χ3v) is 4.16. The molecule has 0 fully saturated rings. The predicted octanol–water partition coefficient (Wildman–Crippen LogP) is 5.24. The van der Waals surface area contributed by atoms with Gasteiger partial charge in [0.25, 0.3) is 0 Å². The summed E-state index contributed by atoms with van der Waals surface area (Å²) in [5, 5.41) is 1.09. The summed E-state index contributed by atoms with van der Waals surface area (Å²) in [7, 11) is 0. The Kier molecular flexibility index (Phi) is 3.15. The Hall–Kier alpha value is -2.61. The van der Waals surface area contributed by atoms with E-state index in [0.29, 0.717) is 6.42 Å². The topological polar surface area (TPSA) is 30.2 Å². The molecule has 0 amide bonds. The van der Waals surface area contributed by atoms with Gasteiger partial charge in [-0.15, -0.1) is 0 Å². The Morgan fingerprint density at radius 3 is 2.45 bits per heavy atom. The van der Waals surface area contributed by atoms with E-state index in [2.05, 4.69) is 6.07 Å². The fraction of sp³-hybridized carbons (Fsp3) is 0.150. The van der Waals surface area contributed by atoms with E-state index in [0.717, 1.165) is 46.3 Å². The van der Waals surface area contributed by atoms with Crippen molar-refractivity contribution in [1.29, 1.82) is 0 Å². The van der Waals surface area contributed by atoms with E-state index < -0.39 is 0 Å². The summed E-state index contributed by atoms with van der Waals surface area (Å²) in [6, 6.07) is 18.1. The number of para-hydroxylation sites is 1. The van der Waals surface area contributed by atoms with Crippen molar-refractivity contribution in [2.45, 2.75) is 19.3 Å². The monoisotopic (exact) mass is 288 g/mol. The second kappa shape index (κ2) is 5.30. The Morgan fingerprint density at radius 2 is 1.64 bits per heavy atom. The highest BCUT2D eigenvalue weighted by atomic mass is 16.3. The summed E-state index contributed by atoms with van der Waals surface area (Å²) in [4.78, 5) is 11.8. The molecular weight excluding hydrogens is 272 g/mol. The fourth-order valence-electron chi connectivity index (χ4n) is 3.15. The lowest BCUT2D eigenvalue weighted by Gasteiger charge is -2.12. The van der Waals surface area contributed by atoms with Crippen LogP contribution in [0.3, 0.4) is 0 Å². The highest BCUT2D eigenvalue weighted by molar-refractivity contribution is 6.05. The molecule has 1 aliphatic carbocycles. The summed E-state index contributed by atoms with van der Waals surface area (Å²) in [6.45, 7) is 0. The summed E-state index contributed by atoms with van der Waals surface area (Å²) in [6.07, 6.45) is 4.29. The van der Waals surface area contributed by atoms with E-state index in [-0.39, 0.29) is 5.78 Å². The van der Waals surface area contributed by atoms with Gasteiger partial charge in [0.2, 0.25) is 0 Å². The van der Waals surface area contributed by atoms with E-state index in [1.807, 2.05) is 48.5 Å². The Labute approximate surface area is 129 Å². The molecule has 0 aliphatic heterocycles. The number of fused-ring (bicyclic) bond motifs is 1. The zero-order chi connectivity index (χ0) is 14.9. The number of hydrogen-bond donors (Lipinski definition) is 0. The minimum Gasteiger partial charge on any atom is -0.455 e. The van der Waals surface area contributed by atoms with Crippen LogP contribution in [0.2, 0.25) is 0 Å². The standard InChI is InChI=1S/C20H16O2/c21-16-10-6-9-15(13-16)19-17-11-4-5-12-18(17)22-20(19)14-7-2-1-3-8-14/h1-5,7-8,11-13H,6,9-10H2. The van der Waals surface area contributed by atoms with Crippen LogP contribution in [-0.4, -0.2) is 5.78 Å². The largest absolute Gasteiger partial charge is 0.455 e. The van der Waals surface area contributed by atoms with E-state index in [1.54, 1.807) is 6.08 Å². The molecule has 0 N–H and O–H groups in total. The molecule has 0 bridgehead atoms. The van der Waals surface area contributed by atoms with Crippen LogP contribution in [0.25, 0.3) is 27.9 Å². The van der Waals surface area contributed by atoms with Gasteiger partial charge in [0, 0.05) is 22.9 Å². The van der Waals surface area contributed by atoms with E-state index >= 15 is 0 Å². The van der Waals surface area contributed by atoms with Gasteiger partial charge in [0.1, 0.15) is 11.3 Å². The summed E-state index contributed by atoms with van der Waals surface area (Å²) in [5.74, 6) is 1.08. The van der Waals surface area contributed by atoms with Crippen molar-refractivity contribution in [3.8, 4) is 11.3 Å². The van der Waals surface area contributed by atoms with Gasteiger partial charge in [-0.25, -0.2) is 0 Å². The van der Waals surface area contributed by atoms with Crippen molar-refractivity contribution < 1.29 is 9.21 Å². The highest BCUT2D eigenvalue weighted by Gasteiger charge is 2.21. The average Bonchev–Trinajstić information content (AvgIpc) is 2.95. The second-order valence-electron chi connectivity index (χ2n) is 5.66. The number of rotatable bonds is 2. The molecule has 0 unspecified atom stereocenters. The highest BCUT2D eigenvalue weighted by Crippen LogP contribution is 2.40. The van der Waals surface area contributed by atoms with Gasteiger partial charge in [0.15, 0.2) is 5.78 Å². The Bertz CT molecular complexity index is 869. The van der Waals surface area contributed by atoms with Crippen LogP contribution in [0.4, 0.5) is 0 Å². The van der Waals surface area contributed by atoms with Crippen molar-refractivity contribution in [3.05, 3.63) is 66.2 Å². The molecule has 0 atom stereocenters. The first-order chi connectivity index (χ1) is 10.8. The predicted molar refractivity (Wildman–Crippen MR) is 88.5 cm³/mol. The van der Waals surface area contributed by atoms with Crippen LogP contribution in [0, 0.1) is 0 Å². The van der Waals surface area contributed by atoms with Gasteiger partial charge in [-0.2, -0.15) is 0 Å². The normalized spacial score (nSPS) is 15.1. The molecule has 1 heterocycles. The average molecular weight is 288 g/mol. The number of ketones is 1. The molecule has 2 aromatic carbocycles. The Morgan fingerprint density at radius 1 is 0.864 bits per heavy atom. The molecule has 0 saturated carbocycles.